The Labute approximate surface area is 162 Å². The molecule has 0 unspecified atom stereocenters. The second-order valence-corrected chi connectivity index (χ2v) is 6.49. The second-order valence-electron chi connectivity index (χ2n) is 6.49. The zero-order valence-electron chi connectivity index (χ0n) is 15.7. The fraction of sp³-hybridized carbons (Fsp3) is 0.190. The van der Waals surface area contributed by atoms with Crippen LogP contribution in [0.3, 0.4) is 0 Å². The SMILES string of the molecule is COc1ccccc1[C@H]1NC(=NCc2ccccc2)Nc2nc(C)cc(=O)n21. The van der Waals surface area contributed by atoms with E-state index in [1.807, 2.05) is 54.6 Å². The van der Waals surface area contributed by atoms with E-state index in [1.165, 1.54) is 6.07 Å². The zero-order valence-corrected chi connectivity index (χ0v) is 15.7. The Bertz CT molecular complexity index is 1080. The van der Waals surface area contributed by atoms with E-state index < -0.39 is 6.17 Å². The Morgan fingerprint density at radius 1 is 1.14 bits per heavy atom. The Morgan fingerprint density at radius 3 is 2.68 bits per heavy atom. The number of aromatic nitrogens is 2. The number of fused-ring (bicyclic) bond motifs is 1. The lowest BCUT2D eigenvalue weighted by Gasteiger charge is -2.31. The van der Waals surface area contributed by atoms with Crippen LogP contribution in [0.2, 0.25) is 0 Å². The zero-order chi connectivity index (χ0) is 19.5. The van der Waals surface area contributed by atoms with Crippen molar-refractivity contribution in [2.75, 3.05) is 12.4 Å². The van der Waals surface area contributed by atoms with Crippen molar-refractivity contribution >= 4 is 11.9 Å². The van der Waals surface area contributed by atoms with E-state index in [1.54, 1.807) is 18.6 Å². The molecule has 1 atom stereocenters. The second kappa shape index (κ2) is 7.56. The quantitative estimate of drug-likeness (QED) is 0.733. The molecule has 2 heterocycles. The number of nitrogens with one attached hydrogen (secondary N) is 2. The molecule has 3 aromatic rings. The minimum absolute atomic E-state index is 0.152. The van der Waals surface area contributed by atoms with Crippen molar-refractivity contribution in [1.29, 1.82) is 0 Å². The summed E-state index contributed by atoms with van der Waals surface area (Å²) < 4.78 is 7.08. The lowest BCUT2D eigenvalue weighted by atomic mass is 10.1. The highest BCUT2D eigenvalue weighted by Crippen LogP contribution is 2.28. The molecule has 28 heavy (non-hydrogen) atoms. The Hall–Kier alpha value is -3.61. The molecule has 7 heteroatoms. The third kappa shape index (κ3) is 3.46. The summed E-state index contributed by atoms with van der Waals surface area (Å²) in [7, 11) is 1.61. The molecule has 0 fully saturated rings. The molecule has 2 aromatic carbocycles. The highest BCUT2D eigenvalue weighted by Gasteiger charge is 2.28. The average molecular weight is 375 g/mol. The van der Waals surface area contributed by atoms with Crippen molar-refractivity contribution in [2.24, 2.45) is 4.99 Å². The molecular formula is C21H21N5O2. The monoisotopic (exact) mass is 375 g/mol. The van der Waals surface area contributed by atoms with E-state index in [0.717, 1.165) is 11.1 Å². The van der Waals surface area contributed by atoms with Crippen molar-refractivity contribution in [3.05, 3.63) is 87.8 Å². The molecule has 142 valence electrons. The summed E-state index contributed by atoms with van der Waals surface area (Å²) in [6.07, 6.45) is -0.484. The number of guanidine groups is 1. The van der Waals surface area contributed by atoms with Crippen LogP contribution in [-0.2, 0) is 6.54 Å². The lowest BCUT2D eigenvalue weighted by Crippen LogP contribution is -2.48. The van der Waals surface area contributed by atoms with Gasteiger partial charge >= 0.3 is 0 Å². The maximum atomic E-state index is 12.7. The smallest absolute Gasteiger partial charge is 0.257 e. The maximum Gasteiger partial charge on any atom is 0.257 e. The lowest BCUT2D eigenvalue weighted by molar-refractivity contribution is 0.395. The number of aliphatic imine (C=N–C) groups is 1. The van der Waals surface area contributed by atoms with Crippen LogP contribution < -0.4 is 20.9 Å². The summed E-state index contributed by atoms with van der Waals surface area (Å²) in [5.74, 6) is 1.69. The molecule has 0 saturated carbocycles. The number of methoxy groups -OCH3 is 1. The Kier molecular flexibility index (Phi) is 4.80. The van der Waals surface area contributed by atoms with E-state index in [-0.39, 0.29) is 5.56 Å². The summed E-state index contributed by atoms with van der Waals surface area (Å²) >= 11 is 0. The first kappa shape index (κ1) is 17.8. The predicted octanol–water partition coefficient (Wildman–Crippen LogP) is 2.68. The predicted molar refractivity (Wildman–Crippen MR) is 109 cm³/mol. The van der Waals surface area contributed by atoms with Crippen LogP contribution >= 0.6 is 0 Å². The van der Waals surface area contributed by atoms with Gasteiger partial charge in [0.2, 0.25) is 5.95 Å². The first-order valence-electron chi connectivity index (χ1n) is 9.01. The van der Waals surface area contributed by atoms with Crippen LogP contribution in [0.5, 0.6) is 5.75 Å². The van der Waals surface area contributed by atoms with Crippen LogP contribution in [0.15, 0.2) is 70.5 Å². The number of benzene rings is 2. The van der Waals surface area contributed by atoms with Crippen molar-refractivity contribution in [3.63, 3.8) is 0 Å². The van der Waals surface area contributed by atoms with E-state index in [2.05, 4.69) is 20.6 Å². The number of ether oxygens (including phenoxy) is 1. The third-order valence-electron chi connectivity index (χ3n) is 4.54. The van der Waals surface area contributed by atoms with Crippen molar-refractivity contribution in [3.8, 4) is 5.75 Å². The maximum absolute atomic E-state index is 12.7. The normalized spacial score (nSPS) is 16.8. The molecule has 2 N–H and O–H groups in total. The van der Waals surface area contributed by atoms with Gasteiger partial charge in [-0.05, 0) is 18.6 Å². The highest BCUT2D eigenvalue weighted by molar-refractivity contribution is 5.93. The fourth-order valence-electron chi connectivity index (χ4n) is 3.23. The van der Waals surface area contributed by atoms with Gasteiger partial charge in [0.25, 0.3) is 5.56 Å². The molecule has 1 aromatic heterocycles. The van der Waals surface area contributed by atoms with E-state index in [9.17, 15) is 4.79 Å². The van der Waals surface area contributed by atoms with E-state index in [4.69, 9.17) is 4.74 Å². The molecule has 1 aliphatic heterocycles. The first-order chi connectivity index (χ1) is 13.7. The van der Waals surface area contributed by atoms with Gasteiger partial charge in [0.05, 0.1) is 13.7 Å². The van der Waals surface area contributed by atoms with Crippen LogP contribution in [-0.4, -0.2) is 22.6 Å². The number of hydrogen-bond acceptors (Lipinski definition) is 4. The highest BCUT2D eigenvalue weighted by atomic mass is 16.5. The number of aryl methyl sites for hydroxylation is 1. The molecular weight excluding hydrogens is 354 g/mol. The Balaban J connectivity index is 1.77. The van der Waals surface area contributed by atoms with E-state index in [0.29, 0.717) is 29.9 Å². The van der Waals surface area contributed by atoms with Gasteiger partial charge in [-0.15, -0.1) is 0 Å². The molecule has 1 aliphatic rings. The molecule has 0 saturated heterocycles. The third-order valence-corrected chi connectivity index (χ3v) is 4.54. The molecule has 7 nitrogen and oxygen atoms in total. The van der Waals surface area contributed by atoms with Crippen LogP contribution in [0, 0.1) is 6.92 Å². The summed E-state index contributed by atoms with van der Waals surface area (Å²) in [5.41, 5.74) is 2.41. The van der Waals surface area contributed by atoms with Gasteiger partial charge in [-0.2, -0.15) is 0 Å². The summed E-state index contributed by atoms with van der Waals surface area (Å²) in [6.45, 7) is 2.30. The minimum Gasteiger partial charge on any atom is -0.496 e. The number of hydrogen-bond donors (Lipinski definition) is 2. The van der Waals surface area contributed by atoms with E-state index >= 15 is 0 Å². The van der Waals surface area contributed by atoms with Gasteiger partial charge in [-0.1, -0.05) is 48.5 Å². The number of para-hydroxylation sites is 1. The van der Waals surface area contributed by atoms with Crippen molar-refractivity contribution < 1.29 is 4.74 Å². The van der Waals surface area contributed by atoms with Crippen LogP contribution in [0.25, 0.3) is 0 Å². The van der Waals surface area contributed by atoms with Crippen molar-refractivity contribution in [1.82, 2.24) is 14.9 Å². The largest absolute Gasteiger partial charge is 0.496 e. The summed E-state index contributed by atoms with van der Waals surface area (Å²) in [5, 5.41) is 6.45. The molecule has 0 aliphatic carbocycles. The van der Waals surface area contributed by atoms with Gasteiger partial charge in [0.15, 0.2) is 5.96 Å². The summed E-state index contributed by atoms with van der Waals surface area (Å²) in [4.78, 5) is 21.9. The minimum atomic E-state index is -0.484. The molecule has 0 bridgehead atoms. The van der Waals surface area contributed by atoms with Gasteiger partial charge in [-0.3, -0.25) is 14.7 Å². The number of anilines is 1. The molecule has 4 rings (SSSR count). The van der Waals surface area contributed by atoms with Gasteiger partial charge in [-0.25, -0.2) is 9.98 Å². The van der Waals surface area contributed by atoms with Crippen molar-refractivity contribution in [2.45, 2.75) is 19.6 Å². The van der Waals surface area contributed by atoms with Gasteiger partial charge in [0.1, 0.15) is 11.9 Å². The van der Waals surface area contributed by atoms with Crippen LogP contribution in [0.4, 0.5) is 5.95 Å². The Morgan fingerprint density at radius 2 is 1.89 bits per heavy atom. The average Bonchev–Trinajstić information content (AvgIpc) is 2.72. The fourth-order valence-corrected chi connectivity index (χ4v) is 3.23. The van der Waals surface area contributed by atoms with Gasteiger partial charge < -0.3 is 10.1 Å². The molecule has 0 spiro atoms. The standard InChI is InChI=1S/C21H21N5O2/c1-14-12-18(27)26-19(16-10-6-7-11-17(16)28-2)24-20(25-21(26)23-14)22-13-15-8-4-3-5-9-15/h3-12,19H,13H2,1-2H3,(H2,22,23,24,25)/t19-/m0/s1. The number of rotatable bonds is 4. The first-order valence-corrected chi connectivity index (χ1v) is 9.01. The summed E-state index contributed by atoms with van der Waals surface area (Å²) in [6, 6.07) is 19.1. The number of nitrogens with zero attached hydrogens (tertiary/aromatic N) is 3. The van der Waals surface area contributed by atoms with Gasteiger partial charge in [0, 0.05) is 17.3 Å². The molecule has 0 amide bonds. The van der Waals surface area contributed by atoms with Crippen LogP contribution in [0.1, 0.15) is 23.0 Å². The molecule has 0 radical (unpaired) electrons. The topological polar surface area (TPSA) is 80.5 Å².